The van der Waals surface area contributed by atoms with Crippen LogP contribution in [0.15, 0.2) is 34.9 Å². The Hall–Kier alpha value is -1.13. The Kier molecular flexibility index (Phi) is 3.18. The van der Waals surface area contributed by atoms with Crippen LogP contribution in [-0.4, -0.2) is 17.2 Å². The second kappa shape index (κ2) is 4.59. The highest BCUT2D eigenvalue weighted by Gasteiger charge is 2.06. The SMILES string of the molecule is CNCc1[nH]ncc1-c1cccc(Br)c1. The number of hydrogen-bond donors (Lipinski definition) is 2. The Morgan fingerprint density at radius 1 is 1.47 bits per heavy atom. The minimum absolute atomic E-state index is 0.793. The number of aromatic amines is 1. The third-order valence-corrected chi connectivity index (χ3v) is 2.70. The molecule has 0 amide bonds. The number of H-pyrrole nitrogens is 1. The van der Waals surface area contributed by atoms with Gasteiger partial charge >= 0.3 is 0 Å². The molecule has 1 heterocycles. The highest BCUT2D eigenvalue weighted by Crippen LogP contribution is 2.24. The van der Waals surface area contributed by atoms with Crippen molar-refractivity contribution in [3.05, 3.63) is 40.6 Å². The molecule has 2 aromatic rings. The van der Waals surface area contributed by atoms with Crippen LogP contribution in [0, 0.1) is 0 Å². The van der Waals surface area contributed by atoms with E-state index in [0.29, 0.717) is 0 Å². The summed E-state index contributed by atoms with van der Waals surface area (Å²) in [5, 5.41) is 10.2. The first-order valence-electron chi connectivity index (χ1n) is 4.74. The van der Waals surface area contributed by atoms with Crippen molar-refractivity contribution in [3.63, 3.8) is 0 Å². The van der Waals surface area contributed by atoms with E-state index in [1.165, 1.54) is 5.56 Å². The Morgan fingerprint density at radius 2 is 2.33 bits per heavy atom. The van der Waals surface area contributed by atoms with Gasteiger partial charge in [0.25, 0.3) is 0 Å². The van der Waals surface area contributed by atoms with Crippen molar-refractivity contribution in [2.24, 2.45) is 0 Å². The number of rotatable bonds is 3. The average Bonchev–Trinajstić information content (AvgIpc) is 2.66. The highest BCUT2D eigenvalue weighted by atomic mass is 79.9. The molecular formula is C11H12BrN3. The molecule has 3 nitrogen and oxygen atoms in total. The van der Waals surface area contributed by atoms with E-state index in [2.05, 4.69) is 43.6 Å². The molecule has 0 aliphatic rings. The van der Waals surface area contributed by atoms with Crippen LogP contribution >= 0.6 is 15.9 Å². The monoisotopic (exact) mass is 265 g/mol. The van der Waals surface area contributed by atoms with E-state index >= 15 is 0 Å². The summed E-state index contributed by atoms with van der Waals surface area (Å²) in [5.74, 6) is 0. The van der Waals surface area contributed by atoms with Crippen molar-refractivity contribution < 1.29 is 0 Å². The zero-order chi connectivity index (χ0) is 10.7. The summed E-state index contributed by atoms with van der Waals surface area (Å²) < 4.78 is 1.08. The molecular weight excluding hydrogens is 254 g/mol. The molecule has 0 unspecified atom stereocenters. The van der Waals surface area contributed by atoms with Crippen LogP contribution in [0.2, 0.25) is 0 Å². The largest absolute Gasteiger partial charge is 0.314 e. The van der Waals surface area contributed by atoms with E-state index in [4.69, 9.17) is 0 Å². The van der Waals surface area contributed by atoms with Gasteiger partial charge in [0.15, 0.2) is 0 Å². The van der Waals surface area contributed by atoms with E-state index in [9.17, 15) is 0 Å². The van der Waals surface area contributed by atoms with Crippen molar-refractivity contribution in [3.8, 4) is 11.1 Å². The number of halogens is 1. The highest BCUT2D eigenvalue weighted by molar-refractivity contribution is 9.10. The fourth-order valence-electron chi connectivity index (χ4n) is 1.53. The van der Waals surface area contributed by atoms with Crippen molar-refractivity contribution in [1.29, 1.82) is 0 Å². The van der Waals surface area contributed by atoms with Crippen LogP contribution in [0.4, 0.5) is 0 Å². The van der Waals surface area contributed by atoms with Gasteiger partial charge in [-0.1, -0.05) is 28.1 Å². The summed E-state index contributed by atoms with van der Waals surface area (Å²) >= 11 is 3.47. The number of hydrogen-bond acceptors (Lipinski definition) is 2. The fourth-order valence-corrected chi connectivity index (χ4v) is 1.93. The molecule has 1 aromatic carbocycles. The van der Waals surface area contributed by atoms with Gasteiger partial charge in [-0.2, -0.15) is 5.10 Å². The molecule has 0 aliphatic carbocycles. The van der Waals surface area contributed by atoms with E-state index in [0.717, 1.165) is 22.3 Å². The number of aromatic nitrogens is 2. The molecule has 0 radical (unpaired) electrons. The van der Waals surface area contributed by atoms with Crippen LogP contribution in [0.25, 0.3) is 11.1 Å². The zero-order valence-corrected chi connectivity index (χ0v) is 10.0. The van der Waals surface area contributed by atoms with E-state index in [1.54, 1.807) is 0 Å². The Bertz CT molecular complexity index is 451. The topological polar surface area (TPSA) is 40.7 Å². The van der Waals surface area contributed by atoms with Gasteiger partial charge in [-0.05, 0) is 24.7 Å². The number of nitrogens with one attached hydrogen (secondary N) is 2. The Balaban J connectivity index is 2.40. The minimum atomic E-state index is 0.793. The molecule has 0 saturated heterocycles. The van der Waals surface area contributed by atoms with Gasteiger partial charge in [0.2, 0.25) is 0 Å². The maximum atomic E-state index is 4.07. The van der Waals surface area contributed by atoms with E-state index < -0.39 is 0 Å². The Morgan fingerprint density at radius 3 is 3.07 bits per heavy atom. The molecule has 0 aliphatic heterocycles. The summed E-state index contributed by atoms with van der Waals surface area (Å²) in [5.41, 5.74) is 3.42. The van der Waals surface area contributed by atoms with Crippen molar-refractivity contribution in [2.45, 2.75) is 6.54 Å². The Labute approximate surface area is 97.0 Å². The quantitative estimate of drug-likeness (QED) is 0.896. The molecule has 2 rings (SSSR count). The van der Waals surface area contributed by atoms with Crippen molar-refractivity contribution in [2.75, 3.05) is 7.05 Å². The summed E-state index contributed by atoms with van der Waals surface area (Å²) in [6, 6.07) is 8.20. The molecule has 0 saturated carbocycles. The van der Waals surface area contributed by atoms with Gasteiger partial charge in [0.05, 0.1) is 11.9 Å². The predicted molar refractivity (Wildman–Crippen MR) is 64.5 cm³/mol. The molecule has 4 heteroatoms. The lowest BCUT2D eigenvalue weighted by Crippen LogP contribution is -2.06. The van der Waals surface area contributed by atoms with Gasteiger partial charge in [-0.3, -0.25) is 5.10 Å². The summed E-state index contributed by atoms with van der Waals surface area (Å²) in [7, 11) is 1.92. The molecule has 1 aromatic heterocycles. The summed E-state index contributed by atoms with van der Waals surface area (Å²) in [4.78, 5) is 0. The first kappa shape index (κ1) is 10.4. The van der Waals surface area contributed by atoms with Gasteiger partial charge in [-0.15, -0.1) is 0 Å². The number of benzene rings is 1. The van der Waals surface area contributed by atoms with Gasteiger partial charge < -0.3 is 5.32 Å². The lowest BCUT2D eigenvalue weighted by atomic mass is 10.1. The zero-order valence-electron chi connectivity index (χ0n) is 8.42. The molecule has 2 N–H and O–H groups in total. The molecule has 0 fully saturated rings. The molecule has 0 atom stereocenters. The first-order valence-corrected chi connectivity index (χ1v) is 5.53. The molecule has 78 valence electrons. The van der Waals surface area contributed by atoms with E-state index in [1.807, 2.05) is 25.4 Å². The third kappa shape index (κ3) is 2.27. The van der Waals surface area contributed by atoms with Gasteiger partial charge in [-0.25, -0.2) is 0 Å². The first-order chi connectivity index (χ1) is 7.31. The smallest absolute Gasteiger partial charge is 0.0569 e. The van der Waals surface area contributed by atoms with Crippen LogP contribution < -0.4 is 5.32 Å². The van der Waals surface area contributed by atoms with Crippen molar-refractivity contribution in [1.82, 2.24) is 15.5 Å². The maximum absolute atomic E-state index is 4.07. The second-order valence-electron chi connectivity index (χ2n) is 3.30. The lowest BCUT2D eigenvalue weighted by molar-refractivity contribution is 0.785. The van der Waals surface area contributed by atoms with Gasteiger partial charge in [0, 0.05) is 16.6 Å². The standard InChI is InChI=1S/C11H12BrN3/c1-13-7-11-10(6-14-15-11)8-3-2-4-9(12)5-8/h2-6,13H,7H2,1H3,(H,14,15). The minimum Gasteiger partial charge on any atom is -0.314 e. The van der Waals surface area contributed by atoms with Gasteiger partial charge in [0.1, 0.15) is 0 Å². The maximum Gasteiger partial charge on any atom is 0.0569 e. The fraction of sp³-hybridized carbons (Fsp3) is 0.182. The third-order valence-electron chi connectivity index (χ3n) is 2.21. The van der Waals surface area contributed by atoms with Crippen LogP contribution in [0.1, 0.15) is 5.69 Å². The molecule has 0 bridgehead atoms. The van der Waals surface area contributed by atoms with E-state index in [-0.39, 0.29) is 0 Å². The average molecular weight is 266 g/mol. The molecule has 0 spiro atoms. The number of nitrogens with zero attached hydrogens (tertiary/aromatic N) is 1. The summed E-state index contributed by atoms with van der Waals surface area (Å²) in [6.07, 6.45) is 1.86. The predicted octanol–water partition coefficient (Wildman–Crippen LogP) is 2.56. The van der Waals surface area contributed by atoms with Crippen LogP contribution in [0.3, 0.4) is 0 Å². The molecule has 15 heavy (non-hydrogen) atoms. The normalized spacial score (nSPS) is 10.5. The van der Waals surface area contributed by atoms with Crippen LogP contribution in [0.5, 0.6) is 0 Å². The van der Waals surface area contributed by atoms with Crippen molar-refractivity contribution >= 4 is 15.9 Å². The lowest BCUT2D eigenvalue weighted by Gasteiger charge is -2.02. The van der Waals surface area contributed by atoms with Crippen LogP contribution in [-0.2, 0) is 6.54 Å². The summed E-state index contributed by atoms with van der Waals surface area (Å²) in [6.45, 7) is 0.793. The second-order valence-corrected chi connectivity index (χ2v) is 4.22.